The molecule has 4 rings (SSSR count). The lowest BCUT2D eigenvalue weighted by Crippen LogP contribution is -2.22. The second kappa shape index (κ2) is 9.64. The zero-order chi connectivity index (χ0) is 21.8. The number of fused-ring (bicyclic) bond motifs is 1. The van der Waals surface area contributed by atoms with Gasteiger partial charge >= 0.3 is 0 Å². The van der Waals surface area contributed by atoms with E-state index in [9.17, 15) is 4.79 Å². The first-order valence-electron chi connectivity index (χ1n) is 9.44. The van der Waals surface area contributed by atoms with Gasteiger partial charge in [0.2, 0.25) is 0 Å². The number of aromatic nitrogens is 2. The van der Waals surface area contributed by atoms with E-state index in [0.29, 0.717) is 55.7 Å². The molecule has 0 fully saturated rings. The van der Waals surface area contributed by atoms with Crippen LogP contribution in [0.15, 0.2) is 76.7 Å². The average molecular weight is 473 g/mol. The van der Waals surface area contributed by atoms with Gasteiger partial charge in [0.25, 0.3) is 5.56 Å². The van der Waals surface area contributed by atoms with Crippen LogP contribution >= 0.6 is 35.0 Å². The van der Waals surface area contributed by atoms with E-state index in [1.54, 1.807) is 35.9 Å². The van der Waals surface area contributed by atoms with Gasteiger partial charge in [0, 0.05) is 10.8 Å². The van der Waals surface area contributed by atoms with Crippen molar-refractivity contribution in [2.45, 2.75) is 5.16 Å². The molecule has 5 nitrogen and oxygen atoms in total. The third kappa shape index (κ3) is 4.66. The second-order valence-corrected chi connectivity index (χ2v) is 8.40. The van der Waals surface area contributed by atoms with Crippen LogP contribution in [0.1, 0.15) is 0 Å². The van der Waals surface area contributed by atoms with E-state index in [1.165, 1.54) is 11.8 Å². The van der Waals surface area contributed by atoms with E-state index in [0.717, 1.165) is 0 Å². The Labute approximate surface area is 193 Å². The van der Waals surface area contributed by atoms with E-state index in [-0.39, 0.29) is 5.56 Å². The molecule has 0 aliphatic rings. The highest BCUT2D eigenvalue weighted by molar-refractivity contribution is 7.99. The Morgan fingerprint density at radius 2 is 1.77 bits per heavy atom. The van der Waals surface area contributed by atoms with E-state index < -0.39 is 0 Å². The summed E-state index contributed by atoms with van der Waals surface area (Å²) in [5.74, 6) is 1.70. The van der Waals surface area contributed by atoms with Gasteiger partial charge in [-0.25, -0.2) is 4.98 Å². The molecule has 1 heterocycles. The van der Waals surface area contributed by atoms with Crippen molar-refractivity contribution < 1.29 is 9.47 Å². The quantitative estimate of drug-likeness (QED) is 0.191. The van der Waals surface area contributed by atoms with Crippen LogP contribution in [0.5, 0.6) is 11.5 Å². The summed E-state index contributed by atoms with van der Waals surface area (Å²) in [5, 5.41) is 2.10. The zero-order valence-corrected chi connectivity index (χ0v) is 18.9. The highest BCUT2D eigenvalue weighted by Crippen LogP contribution is 2.29. The Hall–Kier alpha value is -2.67. The molecule has 158 valence electrons. The minimum absolute atomic E-state index is 0.153. The van der Waals surface area contributed by atoms with E-state index in [4.69, 9.17) is 37.7 Å². The minimum atomic E-state index is -0.153. The van der Waals surface area contributed by atoms with Crippen LogP contribution in [0.2, 0.25) is 10.0 Å². The predicted octanol–water partition coefficient (Wildman–Crippen LogP) is 5.87. The van der Waals surface area contributed by atoms with Gasteiger partial charge in [0.1, 0.15) is 11.5 Å². The second-order valence-electron chi connectivity index (χ2n) is 6.50. The molecule has 0 saturated heterocycles. The largest absolute Gasteiger partial charge is 0.495 e. The molecule has 0 saturated carbocycles. The SMILES string of the molecule is COc1ccccc1-n1c(SCCOc2ccc(Cl)cc2Cl)nc2ccccc2c1=O. The standard InChI is InChI=1S/C23H18Cl2N2O3S/c1-29-21-9-5-4-8-19(21)27-22(28)16-6-2-3-7-18(16)26-23(27)31-13-12-30-20-11-10-15(24)14-17(20)25/h2-11,14H,12-13H2,1H3. The molecule has 31 heavy (non-hydrogen) atoms. The van der Waals surface area contributed by atoms with E-state index >= 15 is 0 Å². The molecule has 4 aromatic rings. The summed E-state index contributed by atoms with van der Waals surface area (Å²) in [4.78, 5) is 18.1. The molecular formula is C23H18Cl2N2O3S. The lowest BCUT2D eigenvalue weighted by Gasteiger charge is -2.16. The number of nitrogens with zero attached hydrogens (tertiary/aromatic N) is 2. The van der Waals surface area contributed by atoms with Gasteiger partial charge < -0.3 is 9.47 Å². The summed E-state index contributed by atoms with van der Waals surface area (Å²) in [6.45, 7) is 0.376. The van der Waals surface area contributed by atoms with Crippen LogP contribution < -0.4 is 15.0 Å². The fraction of sp³-hybridized carbons (Fsp3) is 0.130. The van der Waals surface area contributed by atoms with Gasteiger partial charge in [-0.1, -0.05) is 59.2 Å². The zero-order valence-electron chi connectivity index (χ0n) is 16.5. The molecular weight excluding hydrogens is 455 g/mol. The summed E-state index contributed by atoms with van der Waals surface area (Å²) in [6, 6.07) is 19.8. The number of thioether (sulfide) groups is 1. The number of benzene rings is 3. The van der Waals surface area contributed by atoms with Crippen molar-refractivity contribution in [2.24, 2.45) is 0 Å². The number of methoxy groups -OCH3 is 1. The molecule has 8 heteroatoms. The minimum Gasteiger partial charge on any atom is -0.495 e. The van der Waals surface area contributed by atoms with Gasteiger partial charge in [-0.15, -0.1) is 0 Å². The molecule has 0 unspecified atom stereocenters. The fourth-order valence-electron chi connectivity index (χ4n) is 3.11. The van der Waals surface area contributed by atoms with Gasteiger partial charge in [0.15, 0.2) is 5.16 Å². The topological polar surface area (TPSA) is 53.4 Å². The maximum absolute atomic E-state index is 13.3. The van der Waals surface area contributed by atoms with Gasteiger partial charge in [-0.3, -0.25) is 9.36 Å². The summed E-state index contributed by atoms with van der Waals surface area (Å²) >= 11 is 13.5. The van der Waals surface area contributed by atoms with Crippen LogP contribution in [0.3, 0.4) is 0 Å². The lowest BCUT2D eigenvalue weighted by molar-refractivity contribution is 0.344. The first-order chi connectivity index (χ1) is 15.1. The number of hydrogen-bond donors (Lipinski definition) is 0. The van der Waals surface area contributed by atoms with Crippen molar-refractivity contribution in [3.05, 3.63) is 87.1 Å². The third-order valence-corrected chi connectivity index (χ3v) is 5.97. The van der Waals surface area contributed by atoms with Crippen LogP contribution in [0, 0.1) is 0 Å². The monoisotopic (exact) mass is 472 g/mol. The smallest absolute Gasteiger partial charge is 0.266 e. The molecule has 1 aromatic heterocycles. The Morgan fingerprint density at radius 3 is 2.58 bits per heavy atom. The number of hydrogen-bond acceptors (Lipinski definition) is 5. The molecule has 0 bridgehead atoms. The normalized spacial score (nSPS) is 10.9. The first-order valence-corrected chi connectivity index (χ1v) is 11.2. The number of ether oxygens (including phenoxy) is 2. The van der Waals surface area contributed by atoms with Crippen molar-refractivity contribution in [1.82, 2.24) is 9.55 Å². The van der Waals surface area contributed by atoms with Crippen LogP contribution in [-0.4, -0.2) is 29.0 Å². The lowest BCUT2D eigenvalue weighted by atomic mass is 10.2. The van der Waals surface area contributed by atoms with Crippen molar-refractivity contribution in [3.8, 4) is 17.2 Å². The van der Waals surface area contributed by atoms with Crippen LogP contribution in [0.4, 0.5) is 0 Å². The Bertz CT molecular complexity index is 1290. The van der Waals surface area contributed by atoms with Gasteiger partial charge in [0.05, 0.1) is 35.3 Å². The Balaban J connectivity index is 1.65. The fourth-order valence-corrected chi connectivity index (χ4v) is 4.40. The van der Waals surface area contributed by atoms with Crippen molar-refractivity contribution in [1.29, 1.82) is 0 Å². The summed E-state index contributed by atoms with van der Waals surface area (Å²) < 4.78 is 12.8. The molecule has 0 aliphatic carbocycles. The predicted molar refractivity (Wildman–Crippen MR) is 127 cm³/mol. The van der Waals surface area contributed by atoms with E-state index in [1.807, 2.05) is 42.5 Å². The number of halogens is 2. The highest BCUT2D eigenvalue weighted by Gasteiger charge is 2.16. The van der Waals surface area contributed by atoms with Crippen LogP contribution in [0.25, 0.3) is 16.6 Å². The summed E-state index contributed by atoms with van der Waals surface area (Å²) in [6.07, 6.45) is 0. The maximum Gasteiger partial charge on any atom is 0.266 e. The van der Waals surface area contributed by atoms with Gasteiger partial charge in [-0.2, -0.15) is 0 Å². The first kappa shape index (κ1) is 21.6. The number of rotatable bonds is 7. The Morgan fingerprint density at radius 1 is 1.00 bits per heavy atom. The highest BCUT2D eigenvalue weighted by atomic mass is 35.5. The third-order valence-electron chi connectivity index (χ3n) is 4.54. The molecule has 0 N–H and O–H groups in total. The van der Waals surface area contributed by atoms with Gasteiger partial charge in [-0.05, 0) is 42.5 Å². The van der Waals surface area contributed by atoms with Crippen LogP contribution in [-0.2, 0) is 0 Å². The van der Waals surface area contributed by atoms with Crippen molar-refractivity contribution in [3.63, 3.8) is 0 Å². The maximum atomic E-state index is 13.3. The summed E-state index contributed by atoms with van der Waals surface area (Å²) in [7, 11) is 1.58. The molecule has 0 amide bonds. The van der Waals surface area contributed by atoms with E-state index in [2.05, 4.69) is 0 Å². The van der Waals surface area contributed by atoms with Crippen molar-refractivity contribution >= 4 is 45.9 Å². The molecule has 0 aliphatic heterocycles. The molecule has 0 radical (unpaired) electrons. The number of para-hydroxylation sites is 3. The average Bonchev–Trinajstić information content (AvgIpc) is 2.78. The van der Waals surface area contributed by atoms with Crippen molar-refractivity contribution in [2.75, 3.05) is 19.5 Å². The molecule has 3 aromatic carbocycles. The Kier molecular flexibility index (Phi) is 6.70. The molecule has 0 spiro atoms. The molecule has 0 atom stereocenters. The summed E-state index contributed by atoms with van der Waals surface area (Å²) in [5.41, 5.74) is 1.12.